The standard InChI is InChI=1S/C18H27N3O4/c1-18(2,16(22)19-8-9-21-10-12-25-13-11-21)17(23)20-14-6-4-5-7-15(14)24-3/h4-7H,8-13H2,1-3H3,(H,19,22)(H,20,23). The Balaban J connectivity index is 1.87. The molecule has 2 rings (SSSR count). The van der Waals surface area contributed by atoms with Crippen molar-refractivity contribution >= 4 is 17.5 Å². The first-order valence-electron chi connectivity index (χ1n) is 8.48. The maximum atomic E-state index is 12.6. The van der Waals surface area contributed by atoms with Gasteiger partial charge in [-0.1, -0.05) is 12.1 Å². The zero-order valence-corrected chi connectivity index (χ0v) is 15.1. The van der Waals surface area contributed by atoms with Crippen LogP contribution in [0.3, 0.4) is 0 Å². The van der Waals surface area contributed by atoms with Crippen LogP contribution in [-0.2, 0) is 14.3 Å². The van der Waals surface area contributed by atoms with E-state index < -0.39 is 5.41 Å². The van der Waals surface area contributed by atoms with Crippen LogP contribution in [0.25, 0.3) is 0 Å². The van der Waals surface area contributed by atoms with Crippen LogP contribution in [0.15, 0.2) is 24.3 Å². The number of ether oxygens (including phenoxy) is 2. The number of rotatable bonds is 7. The summed E-state index contributed by atoms with van der Waals surface area (Å²) >= 11 is 0. The summed E-state index contributed by atoms with van der Waals surface area (Å²) in [5.41, 5.74) is -0.643. The Hall–Kier alpha value is -2.12. The number of hydrogen-bond acceptors (Lipinski definition) is 5. The van der Waals surface area contributed by atoms with E-state index in [0.717, 1.165) is 32.8 Å². The molecule has 2 amide bonds. The van der Waals surface area contributed by atoms with Gasteiger partial charge in [0.05, 0.1) is 26.0 Å². The third-order valence-electron chi connectivity index (χ3n) is 4.31. The molecule has 0 aliphatic carbocycles. The van der Waals surface area contributed by atoms with Crippen LogP contribution in [0.4, 0.5) is 5.69 Å². The van der Waals surface area contributed by atoms with Crippen LogP contribution < -0.4 is 15.4 Å². The smallest absolute Gasteiger partial charge is 0.239 e. The molecule has 25 heavy (non-hydrogen) atoms. The van der Waals surface area contributed by atoms with Crippen molar-refractivity contribution in [1.29, 1.82) is 0 Å². The number of hydrogen-bond donors (Lipinski definition) is 2. The first-order chi connectivity index (χ1) is 11.9. The predicted molar refractivity (Wildman–Crippen MR) is 95.7 cm³/mol. The number of carbonyl (C=O) groups is 2. The van der Waals surface area contributed by atoms with Gasteiger partial charge >= 0.3 is 0 Å². The Morgan fingerprint density at radius 1 is 1.20 bits per heavy atom. The first-order valence-corrected chi connectivity index (χ1v) is 8.48. The minimum absolute atomic E-state index is 0.298. The normalized spacial score (nSPS) is 15.5. The Bertz CT molecular complexity index is 598. The van der Waals surface area contributed by atoms with E-state index in [4.69, 9.17) is 9.47 Å². The van der Waals surface area contributed by atoms with Crippen molar-refractivity contribution in [2.24, 2.45) is 5.41 Å². The Kier molecular flexibility index (Phi) is 6.78. The fourth-order valence-corrected chi connectivity index (χ4v) is 2.50. The van der Waals surface area contributed by atoms with Gasteiger partial charge in [0.15, 0.2) is 0 Å². The number of methoxy groups -OCH3 is 1. The van der Waals surface area contributed by atoms with E-state index in [1.165, 1.54) is 7.11 Å². The average molecular weight is 349 g/mol. The third-order valence-corrected chi connectivity index (χ3v) is 4.31. The van der Waals surface area contributed by atoms with Gasteiger partial charge in [-0.05, 0) is 26.0 Å². The number of carbonyl (C=O) groups excluding carboxylic acids is 2. The van der Waals surface area contributed by atoms with Gasteiger partial charge < -0.3 is 20.1 Å². The lowest BCUT2D eigenvalue weighted by molar-refractivity contribution is -0.138. The summed E-state index contributed by atoms with van der Waals surface area (Å²) in [5.74, 6) is -0.117. The van der Waals surface area contributed by atoms with E-state index in [9.17, 15) is 9.59 Å². The average Bonchev–Trinajstić information content (AvgIpc) is 2.62. The van der Waals surface area contributed by atoms with Gasteiger partial charge in [0.25, 0.3) is 0 Å². The number of nitrogens with one attached hydrogen (secondary N) is 2. The minimum atomic E-state index is -1.19. The maximum Gasteiger partial charge on any atom is 0.239 e. The van der Waals surface area contributed by atoms with E-state index in [0.29, 0.717) is 18.0 Å². The van der Waals surface area contributed by atoms with Crippen LogP contribution in [0.5, 0.6) is 5.75 Å². The molecule has 7 heteroatoms. The van der Waals surface area contributed by atoms with E-state index in [-0.39, 0.29) is 11.8 Å². The summed E-state index contributed by atoms with van der Waals surface area (Å²) in [6.45, 7) is 7.66. The molecule has 138 valence electrons. The van der Waals surface area contributed by atoms with Gasteiger partial charge in [-0.25, -0.2) is 0 Å². The van der Waals surface area contributed by atoms with E-state index in [1.807, 2.05) is 6.07 Å². The molecule has 0 atom stereocenters. The van der Waals surface area contributed by atoms with Gasteiger partial charge in [0.1, 0.15) is 11.2 Å². The van der Waals surface area contributed by atoms with Crippen molar-refractivity contribution in [3.63, 3.8) is 0 Å². The minimum Gasteiger partial charge on any atom is -0.495 e. The zero-order chi connectivity index (χ0) is 18.3. The molecular formula is C18H27N3O4. The van der Waals surface area contributed by atoms with Gasteiger partial charge in [-0.3, -0.25) is 14.5 Å². The van der Waals surface area contributed by atoms with Crippen LogP contribution in [0.2, 0.25) is 0 Å². The second kappa shape index (κ2) is 8.82. The van der Waals surface area contributed by atoms with Crippen molar-refractivity contribution in [2.75, 3.05) is 51.8 Å². The Morgan fingerprint density at radius 2 is 1.88 bits per heavy atom. The van der Waals surface area contributed by atoms with Crippen LogP contribution >= 0.6 is 0 Å². The SMILES string of the molecule is COc1ccccc1NC(=O)C(C)(C)C(=O)NCCN1CCOCC1. The maximum absolute atomic E-state index is 12.6. The second-order valence-corrected chi connectivity index (χ2v) is 6.49. The lowest BCUT2D eigenvalue weighted by Gasteiger charge is -2.28. The number of amides is 2. The highest BCUT2D eigenvalue weighted by atomic mass is 16.5. The van der Waals surface area contributed by atoms with Crippen LogP contribution in [0, 0.1) is 5.41 Å². The molecule has 1 aromatic carbocycles. The molecule has 1 aromatic rings. The van der Waals surface area contributed by atoms with Crippen molar-refractivity contribution in [3.8, 4) is 5.75 Å². The van der Waals surface area contributed by atoms with E-state index >= 15 is 0 Å². The second-order valence-electron chi connectivity index (χ2n) is 6.49. The van der Waals surface area contributed by atoms with Crippen LogP contribution in [-0.4, -0.2) is 63.2 Å². The molecule has 1 aliphatic rings. The van der Waals surface area contributed by atoms with E-state index in [2.05, 4.69) is 15.5 Å². The zero-order valence-electron chi connectivity index (χ0n) is 15.1. The van der Waals surface area contributed by atoms with Crippen molar-refractivity contribution in [3.05, 3.63) is 24.3 Å². The van der Waals surface area contributed by atoms with Gasteiger partial charge in [-0.15, -0.1) is 0 Å². The molecule has 2 N–H and O–H groups in total. The Morgan fingerprint density at radius 3 is 2.56 bits per heavy atom. The number of morpholine rings is 1. The fraction of sp³-hybridized carbons (Fsp3) is 0.556. The van der Waals surface area contributed by atoms with Gasteiger partial charge in [-0.2, -0.15) is 0 Å². The molecule has 0 aromatic heterocycles. The largest absolute Gasteiger partial charge is 0.495 e. The topological polar surface area (TPSA) is 79.9 Å². The molecule has 1 heterocycles. The monoisotopic (exact) mass is 349 g/mol. The highest BCUT2D eigenvalue weighted by molar-refractivity contribution is 6.10. The highest BCUT2D eigenvalue weighted by Gasteiger charge is 2.36. The molecule has 0 unspecified atom stereocenters. The number of anilines is 1. The quantitative estimate of drug-likeness (QED) is 0.721. The van der Waals surface area contributed by atoms with Crippen molar-refractivity contribution < 1.29 is 19.1 Å². The van der Waals surface area contributed by atoms with Crippen molar-refractivity contribution in [1.82, 2.24) is 10.2 Å². The first kappa shape index (κ1) is 19.2. The molecule has 7 nitrogen and oxygen atoms in total. The summed E-state index contributed by atoms with van der Waals surface area (Å²) in [5, 5.41) is 5.62. The number of para-hydroxylation sites is 2. The summed E-state index contributed by atoms with van der Waals surface area (Å²) in [7, 11) is 1.54. The predicted octanol–water partition coefficient (Wildman–Crippen LogP) is 1.11. The molecule has 1 aliphatic heterocycles. The molecule has 0 radical (unpaired) electrons. The molecule has 0 saturated carbocycles. The van der Waals surface area contributed by atoms with Crippen LogP contribution in [0.1, 0.15) is 13.8 Å². The molecule has 1 fully saturated rings. The summed E-state index contributed by atoms with van der Waals surface area (Å²) in [6.07, 6.45) is 0. The Labute approximate surface area is 148 Å². The van der Waals surface area contributed by atoms with Gasteiger partial charge in [0.2, 0.25) is 11.8 Å². The molecular weight excluding hydrogens is 322 g/mol. The summed E-state index contributed by atoms with van der Waals surface area (Å²) in [6, 6.07) is 7.11. The molecule has 0 spiro atoms. The molecule has 0 bridgehead atoms. The van der Waals surface area contributed by atoms with Gasteiger partial charge in [0, 0.05) is 26.2 Å². The van der Waals surface area contributed by atoms with E-state index in [1.54, 1.807) is 32.0 Å². The number of benzene rings is 1. The fourth-order valence-electron chi connectivity index (χ4n) is 2.50. The third kappa shape index (κ3) is 5.17. The summed E-state index contributed by atoms with van der Waals surface area (Å²) < 4.78 is 10.5. The lowest BCUT2D eigenvalue weighted by atomic mass is 9.91. The lowest BCUT2D eigenvalue weighted by Crippen LogP contribution is -2.48. The van der Waals surface area contributed by atoms with Crippen molar-refractivity contribution in [2.45, 2.75) is 13.8 Å². The number of nitrogens with zero attached hydrogens (tertiary/aromatic N) is 1. The summed E-state index contributed by atoms with van der Waals surface area (Å²) in [4.78, 5) is 27.2. The highest BCUT2D eigenvalue weighted by Crippen LogP contribution is 2.26. The molecule has 1 saturated heterocycles.